The summed E-state index contributed by atoms with van der Waals surface area (Å²) >= 11 is 3.46. The van der Waals surface area contributed by atoms with Crippen LogP contribution in [0.25, 0.3) is 5.76 Å². The fourth-order valence-corrected chi connectivity index (χ4v) is 4.95. The Balaban J connectivity index is 1.91. The van der Waals surface area contributed by atoms with Crippen molar-refractivity contribution in [3.63, 3.8) is 0 Å². The second-order valence-electron chi connectivity index (χ2n) is 8.22. The minimum Gasteiger partial charge on any atom is -0.507 e. The molecule has 0 bridgehead atoms. The van der Waals surface area contributed by atoms with Gasteiger partial charge >= 0.3 is 0 Å². The van der Waals surface area contributed by atoms with E-state index in [1.54, 1.807) is 43.4 Å². The molecule has 1 N–H and O–H groups in total. The van der Waals surface area contributed by atoms with Gasteiger partial charge < -0.3 is 19.5 Å². The predicted octanol–water partition coefficient (Wildman–Crippen LogP) is 5.14. The molecule has 1 saturated carbocycles. The molecular weight excluding hydrogens is 474 g/mol. The van der Waals surface area contributed by atoms with Gasteiger partial charge in [0.05, 0.1) is 25.8 Å². The van der Waals surface area contributed by atoms with Gasteiger partial charge in [0.2, 0.25) is 0 Å². The number of halogens is 1. The Kier molecular flexibility index (Phi) is 6.29. The Morgan fingerprint density at radius 3 is 2.34 bits per heavy atom. The number of ether oxygens (including phenoxy) is 2. The molecule has 168 valence electrons. The molecule has 6 nitrogen and oxygen atoms in total. The van der Waals surface area contributed by atoms with Crippen LogP contribution in [0.3, 0.4) is 0 Å². The standard InChI is InChI=1S/C25H26BrNO5/c1-14-12-16(8-10-18(14)26)23(28)21-22(15-9-11-19(31-2)20(13-15)32-3)27(25(30)24(21)29)17-6-4-5-7-17/h8-13,17,22,28H,4-7H2,1-3H3/b23-21-. The lowest BCUT2D eigenvalue weighted by atomic mass is 9.94. The highest BCUT2D eigenvalue weighted by molar-refractivity contribution is 9.10. The minimum absolute atomic E-state index is 0.0403. The summed E-state index contributed by atoms with van der Waals surface area (Å²) in [4.78, 5) is 28.1. The number of amides is 1. The second-order valence-corrected chi connectivity index (χ2v) is 9.08. The zero-order valence-electron chi connectivity index (χ0n) is 18.4. The number of carbonyl (C=O) groups is 2. The van der Waals surface area contributed by atoms with Gasteiger partial charge in [0.1, 0.15) is 5.76 Å². The van der Waals surface area contributed by atoms with E-state index in [4.69, 9.17) is 9.47 Å². The van der Waals surface area contributed by atoms with Crippen molar-refractivity contribution < 1.29 is 24.2 Å². The summed E-state index contributed by atoms with van der Waals surface area (Å²) in [6, 6.07) is 9.98. The summed E-state index contributed by atoms with van der Waals surface area (Å²) in [5, 5.41) is 11.3. The Bertz CT molecular complexity index is 1100. The van der Waals surface area contributed by atoms with Gasteiger partial charge in [0.25, 0.3) is 11.7 Å². The van der Waals surface area contributed by atoms with Gasteiger partial charge in [-0.15, -0.1) is 0 Å². The minimum atomic E-state index is -0.693. The fourth-order valence-electron chi connectivity index (χ4n) is 4.71. The average molecular weight is 500 g/mol. The van der Waals surface area contributed by atoms with Crippen molar-refractivity contribution in [3.05, 3.63) is 63.1 Å². The third kappa shape index (κ3) is 3.79. The first-order valence-corrected chi connectivity index (χ1v) is 11.4. The summed E-state index contributed by atoms with van der Waals surface area (Å²) in [5.74, 6) is -0.333. The van der Waals surface area contributed by atoms with Crippen molar-refractivity contribution >= 4 is 33.4 Å². The number of aliphatic hydroxyl groups excluding tert-OH is 1. The molecule has 2 aromatic rings. The van der Waals surface area contributed by atoms with Gasteiger partial charge in [-0.1, -0.05) is 40.9 Å². The predicted molar refractivity (Wildman–Crippen MR) is 125 cm³/mol. The zero-order valence-corrected chi connectivity index (χ0v) is 19.9. The number of hydrogen-bond donors (Lipinski definition) is 1. The molecule has 1 aliphatic heterocycles. The summed E-state index contributed by atoms with van der Waals surface area (Å²) in [6.07, 6.45) is 3.71. The number of hydrogen-bond acceptors (Lipinski definition) is 5. The molecule has 0 spiro atoms. The molecule has 0 radical (unpaired) electrons. The maximum absolute atomic E-state index is 13.2. The summed E-state index contributed by atoms with van der Waals surface area (Å²) in [5.41, 5.74) is 2.22. The van der Waals surface area contributed by atoms with Crippen LogP contribution in [0.1, 0.15) is 48.4 Å². The number of nitrogens with zero attached hydrogens (tertiary/aromatic N) is 1. The topological polar surface area (TPSA) is 76.1 Å². The molecule has 7 heteroatoms. The van der Waals surface area contributed by atoms with E-state index in [2.05, 4.69) is 15.9 Å². The molecule has 1 amide bonds. The molecule has 2 aromatic carbocycles. The van der Waals surface area contributed by atoms with E-state index in [1.807, 2.05) is 19.1 Å². The van der Waals surface area contributed by atoms with E-state index >= 15 is 0 Å². The summed E-state index contributed by atoms with van der Waals surface area (Å²) < 4.78 is 11.7. The van der Waals surface area contributed by atoms with E-state index in [0.717, 1.165) is 35.7 Å². The van der Waals surface area contributed by atoms with Crippen LogP contribution in [-0.2, 0) is 9.59 Å². The molecule has 1 aliphatic carbocycles. The Hall–Kier alpha value is -2.80. The van der Waals surface area contributed by atoms with Crippen LogP contribution in [0, 0.1) is 6.92 Å². The van der Waals surface area contributed by atoms with Gasteiger partial charge in [-0.05, 0) is 55.2 Å². The number of rotatable bonds is 5. The number of ketones is 1. The second kappa shape index (κ2) is 8.98. The van der Waals surface area contributed by atoms with Gasteiger partial charge in [-0.2, -0.15) is 0 Å². The number of benzene rings is 2. The monoisotopic (exact) mass is 499 g/mol. The average Bonchev–Trinajstić information content (AvgIpc) is 3.41. The number of aliphatic hydroxyl groups is 1. The summed E-state index contributed by atoms with van der Waals surface area (Å²) in [6.45, 7) is 1.91. The van der Waals surface area contributed by atoms with Crippen LogP contribution in [0.15, 0.2) is 46.4 Å². The SMILES string of the molecule is COc1ccc(C2/C(=C(/O)c3ccc(Br)c(C)c3)C(=O)C(=O)N2C2CCCC2)cc1OC. The number of carbonyl (C=O) groups excluding carboxylic acids is 2. The number of likely N-dealkylation sites (tertiary alicyclic amines) is 1. The first-order chi connectivity index (χ1) is 15.4. The normalized spacial score (nSPS) is 20.8. The lowest BCUT2D eigenvalue weighted by Gasteiger charge is -2.31. The first kappa shape index (κ1) is 22.4. The van der Waals surface area contributed by atoms with Crippen molar-refractivity contribution in [2.75, 3.05) is 14.2 Å². The molecule has 4 rings (SSSR count). The van der Waals surface area contributed by atoms with Crippen molar-refractivity contribution in [3.8, 4) is 11.5 Å². The third-order valence-corrected chi connectivity index (χ3v) is 7.24. The lowest BCUT2D eigenvalue weighted by molar-refractivity contribution is -0.141. The van der Waals surface area contributed by atoms with E-state index < -0.39 is 17.7 Å². The van der Waals surface area contributed by atoms with E-state index in [1.165, 1.54) is 0 Å². The van der Waals surface area contributed by atoms with Crippen molar-refractivity contribution in [1.82, 2.24) is 4.90 Å². The van der Waals surface area contributed by atoms with Crippen molar-refractivity contribution in [2.24, 2.45) is 0 Å². The Morgan fingerprint density at radius 1 is 1.03 bits per heavy atom. The van der Waals surface area contributed by atoms with E-state index in [-0.39, 0.29) is 17.4 Å². The molecule has 32 heavy (non-hydrogen) atoms. The largest absolute Gasteiger partial charge is 0.507 e. The molecule has 1 unspecified atom stereocenters. The van der Waals surface area contributed by atoms with E-state index in [0.29, 0.717) is 22.6 Å². The molecule has 1 saturated heterocycles. The van der Waals surface area contributed by atoms with Gasteiger partial charge in [-0.3, -0.25) is 9.59 Å². The number of aryl methyl sites for hydroxylation is 1. The van der Waals surface area contributed by atoms with Crippen LogP contribution in [0.2, 0.25) is 0 Å². The molecule has 1 atom stereocenters. The highest BCUT2D eigenvalue weighted by atomic mass is 79.9. The number of methoxy groups -OCH3 is 2. The highest BCUT2D eigenvalue weighted by Gasteiger charge is 2.49. The Labute approximate surface area is 196 Å². The summed E-state index contributed by atoms with van der Waals surface area (Å²) in [7, 11) is 3.10. The van der Waals surface area contributed by atoms with Crippen LogP contribution in [0.4, 0.5) is 0 Å². The molecule has 1 heterocycles. The lowest BCUT2D eigenvalue weighted by Crippen LogP contribution is -2.37. The van der Waals surface area contributed by atoms with Crippen molar-refractivity contribution in [1.29, 1.82) is 0 Å². The van der Waals surface area contributed by atoms with Gasteiger partial charge in [-0.25, -0.2) is 0 Å². The van der Waals surface area contributed by atoms with Crippen LogP contribution in [-0.4, -0.2) is 42.0 Å². The smallest absolute Gasteiger partial charge is 0.295 e. The molecule has 0 aromatic heterocycles. The van der Waals surface area contributed by atoms with Crippen LogP contribution < -0.4 is 9.47 Å². The quantitative estimate of drug-likeness (QED) is 0.350. The van der Waals surface area contributed by atoms with Gasteiger partial charge in [0, 0.05) is 16.1 Å². The first-order valence-electron chi connectivity index (χ1n) is 10.7. The maximum Gasteiger partial charge on any atom is 0.295 e. The Morgan fingerprint density at radius 2 is 1.72 bits per heavy atom. The van der Waals surface area contributed by atoms with Crippen molar-refractivity contribution in [2.45, 2.75) is 44.7 Å². The fraction of sp³-hybridized carbons (Fsp3) is 0.360. The molecule has 2 aliphatic rings. The third-order valence-electron chi connectivity index (χ3n) is 6.35. The maximum atomic E-state index is 13.2. The van der Waals surface area contributed by atoms with E-state index in [9.17, 15) is 14.7 Å². The van der Waals surface area contributed by atoms with Crippen LogP contribution in [0.5, 0.6) is 11.5 Å². The molecular formula is C25H26BrNO5. The zero-order chi connectivity index (χ0) is 23.0. The highest BCUT2D eigenvalue weighted by Crippen LogP contribution is 2.45. The van der Waals surface area contributed by atoms with Gasteiger partial charge in [0.15, 0.2) is 11.5 Å². The molecule has 2 fully saturated rings. The van der Waals surface area contributed by atoms with Crippen LogP contribution >= 0.6 is 15.9 Å². The number of Topliss-reactive ketones (excluding diaryl/α,β-unsaturated/α-hetero) is 1.